The molecule has 2 heterocycles. The third kappa shape index (κ3) is 3.60. The molecular weight excluding hydrogens is 252 g/mol. The molecule has 1 N–H and O–H groups in total. The Balaban J connectivity index is 1.85. The summed E-state index contributed by atoms with van der Waals surface area (Å²) in [6.45, 7) is 5.22. The topological polar surface area (TPSA) is 63.4 Å². The van der Waals surface area contributed by atoms with Crippen LogP contribution in [-0.4, -0.2) is 54.6 Å². The van der Waals surface area contributed by atoms with Crippen LogP contribution in [0.1, 0.15) is 12.8 Å². The van der Waals surface area contributed by atoms with Crippen molar-refractivity contribution in [2.75, 3.05) is 43.2 Å². The van der Waals surface area contributed by atoms with Crippen LogP contribution in [0.4, 0.5) is 6.01 Å². The highest BCUT2D eigenvalue weighted by molar-refractivity contribution is 7.99. The molecule has 1 saturated heterocycles. The molecule has 0 spiro atoms. The van der Waals surface area contributed by atoms with E-state index in [9.17, 15) is 0 Å². The molecule has 102 valence electrons. The quantitative estimate of drug-likeness (QED) is 0.767. The molecule has 1 aliphatic rings. The monoisotopic (exact) mass is 272 g/mol. The summed E-state index contributed by atoms with van der Waals surface area (Å²) < 4.78 is 10.6. The van der Waals surface area contributed by atoms with Gasteiger partial charge in [-0.3, -0.25) is 0 Å². The van der Waals surface area contributed by atoms with Crippen molar-refractivity contribution in [2.24, 2.45) is 0 Å². The fourth-order valence-electron chi connectivity index (χ4n) is 1.81. The Hall–Kier alpha value is -0.790. The van der Waals surface area contributed by atoms with Crippen LogP contribution in [0.25, 0.3) is 0 Å². The van der Waals surface area contributed by atoms with E-state index in [1.165, 1.54) is 0 Å². The van der Waals surface area contributed by atoms with E-state index in [4.69, 9.17) is 9.15 Å². The van der Waals surface area contributed by atoms with Crippen molar-refractivity contribution in [2.45, 2.75) is 19.5 Å². The van der Waals surface area contributed by atoms with Crippen LogP contribution >= 0.6 is 11.8 Å². The number of nitrogens with zero attached hydrogens (tertiary/aromatic N) is 3. The van der Waals surface area contributed by atoms with Gasteiger partial charge in [0.15, 0.2) is 0 Å². The van der Waals surface area contributed by atoms with Gasteiger partial charge in [0.1, 0.15) is 0 Å². The largest absolute Gasteiger partial charge is 0.407 e. The molecule has 18 heavy (non-hydrogen) atoms. The van der Waals surface area contributed by atoms with Gasteiger partial charge in [-0.05, 0) is 6.92 Å². The molecule has 2 rings (SSSR count). The summed E-state index contributed by atoms with van der Waals surface area (Å²) in [5.74, 6) is 2.87. The second-order valence-electron chi connectivity index (χ2n) is 4.27. The third-order valence-electron chi connectivity index (χ3n) is 2.83. The molecule has 1 aliphatic heterocycles. The summed E-state index contributed by atoms with van der Waals surface area (Å²) in [5, 5.41) is 11.4. The van der Waals surface area contributed by atoms with Crippen molar-refractivity contribution in [1.29, 1.82) is 0 Å². The molecule has 0 bridgehead atoms. The van der Waals surface area contributed by atoms with Gasteiger partial charge in [0.25, 0.3) is 0 Å². The van der Waals surface area contributed by atoms with Gasteiger partial charge in [-0.2, -0.15) is 11.8 Å². The molecule has 1 aromatic rings. The van der Waals surface area contributed by atoms with Crippen LogP contribution in [-0.2, 0) is 11.3 Å². The molecule has 0 amide bonds. The van der Waals surface area contributed by atoms with Gasteiger partial charge in [-0.25, -0.2) is 0 Å². The average Bonchev–Trinajstić information content (AvgIpc) is 2.84. The van der Waals surface area contributed by atoms with Gasteiger partial charge in [0.05, 0.1) is 13.2 Å². The maximum Gasteiger partial charge on any atom is 0.318 e. The highest BCUT2D eigenvalue weighted by Gasteiger charge is 2.23. The van der Waals surface area contributed by atoms with Gasteiger partial charge >= 0.3 is 6.01 Å². The SMILES string of the molecule is COCCNCc1nnc(N2CCSCC2C)o1. The molecule has 1 atom stereocenters. The van der Waals surface area contributed by atoms with Crippen molar-refractivity contribution in [3.05, 3.63) is 5.89 Å². The van der Waals surface area contributed by atoms with Gasteiger partial charge in [-0.1, -0.05) is 5.10 Å². The first kappa shape index (κ1) is 13.6. The van der Waals surface area contributed by atoms with Crippen LogP contribution in [0, 0.1) is 0 Å². The van der Waals surface area contributed by atoms with Crippen molar-refractivity contribution in [3.63, 3.8) is 0 Å². The maximum atomic E-state index is 5.66. The summed E-state index contributed by atoms with van der Waals surface area (Å²) in [6.07, 6.45) is 0. The van der Waals surface area contributed by atoms with Gasteiger partial charge in [-0.15, -0.1) is 5.10 Å². The summed E-state index contributed by atoms with van der Waals surface area (Å²) in [6, 6.07) is 1.10. The lowest BCUT2D eigenvalue weighted by atomic mass is 10.3. The summed E-state index contributed by atoms with van der Waals surface area (Å²) in [4.78, 5) is 2.18. The van der Waals surface area contributed by atoms with Gasteiger partial charge < -0.3 is 19.4 Å². The van der Waals surface area contributed by atoms with E-state index in [-0.39, 0.29) is 0 Å². The second kappa shape index (κ2) is 6.96. The summed E-state index contributed by atoms with van der Waals surface area (Å²) in [7, 11) is 1.68. The zero-order valence-electron chi connectivity index (χ0n) is 10.9. The first-order chi connectivity index (χ1) is 8.81. The molecular formula is C11H20N4O2S. The average molecular weight is 272 g/mol. The number of hydrogen-bond acceptors (Lipinski definition) is 7. The Morgan fingerprint density at radius 3 is 3.22 bits per heavy atom. The van der Waals surface area contributed by atoms with E-state index in [2.05, 4.69) is 27.3 Å². The number of nitrogens with one attached hydrogen (secondary N) is 1. The fraction of sp³-hybridized carbons (Fsp3) is 0.818. The lowest BCUT2D eigenvalue weighted by molar-refractivity contribution is 0.198. The first-order valence-corrected chi connectivity index (χ1v) is 7.33. The smallest absolute Gasteiger partial charge is 0.318 e. The maximum absolute atomic E-state index is 5.66. The lowest BCUT2D eigenvalue weighted by Gasteiger charge is -2.31. The van der Waals surface area contributed by atoms with Crippen LogP contribution in [0.3, 0.4) is 0 Å². The van der Waals surface area contributed by atoms with Crippen molar-refractivity contribution in [3.8, 4) is 0 Å². The van der Waals surface area contributed by atoms with E-state index in [1.807, 2.05) is 11.8 Å². The Morgan fingerprint density at radius 1 is 1.56 bits per heavy atom. The molecule has 1 aromatic heterocycles. The number of hydrogen-bond donors (Lipinski definition) is 1. The van der Waals surface area contributed by atoms with E-state index in [0.29, 0.717) is 31.1 Å². The minimum atomic E-state index is 0.457. The molecule has 6 nitrogen and oxygen atoms in total. The highest BCUT2D eigenvalue weighted by Crippen LogP contribution is 2.22. The van der Waals surface area contributed by atoms with E-state index in [1.54, 1.807) is 7.11 Å². The standard InChI is InChI=1S/C11H20N4O2S/c1-9-8-18-6-4-15(9)11-14-13-10(17-11)7-12-3-5-16-2/h9,12H,3-8H2,1-2H3. The number of thioether (sulfide) groups is 1. The first-order valence-electron chi connectivity index (χ1n) is 6.17. The van der Waals surface area contributed by atoms with Crippen LogP contribution in [0.15, 0.2) is 4.42 Å². The summed E-state index contributed by atoms with van der Waals surface area (Å²) in [5.41, 5.74) is 0. The Labute approximate surface area is 111 Å². The van der Waals surface area contributed by atoms with E-state index >= 15 is 0 Å². The van der Waals surface area contributed by atoms with Gasteiger partial charge in [0.2, 0.25) is 5.89 Å². The minimum absolute atomic E-state index is 0.457. The van der Waals surface area contributed by atoms with Crippen LogP contribution in [0.2, 0.25) is 0 Å². The predicted octanol–water partition coefficient (Wildman–Crippen LogP) is 0.747. The molecule has 7 heteroatoms. The van der Waals surface area contributed by atoms with Crippen LogP contribution < -0.4 is 10.2 Å². The normalized spacial score (nSPS) is 20.3. The highest BCUT2D eigenvalue weighted by atomic mass is 32.2. The number of rotatable bonds is 6. The Bertz CT molecular complexity index is 361. The van der Waals surface area contributed by atoms with Crippen molar-refractivity contribution < 1.29 is 9.15 Å². The third-order valence-corrected chi connectivity index (χ3v) is 4.02. The predicted molar refractivity (Wildman–Crippen MR) is 72.0 cm³/mol. The second-order valence-corrected chi connectivity index (χ2v) is 5.42. The lowest BCUT2D eigenvalue weighted by Crippen LogP contribution is -2.40. The molecule has 1 fully saturated rings. The zero-order valence-corrected chi connectivity index (χ0v) is 11.7. The molecule has 0 aliphatic carbocycles. The van der Waals surface area contributed by atoms with Crippen LogP contribution in [0.5, 0.6) is 0 Å². The van der Waals surface area contributed by atoms with E-state index < -0.39 is 0 Å². The minimum Gasteiger partial charge on any atom is -0.407 e. The number of anilines is 1. The van der Waals surface area contributed by atoms with E-state index in [0.717, 1.165) is 24.6 Å². The zero-order chi connectivity index (χ0) is 12.8. The Morgan fingerprint density at radius 2 is 2.44 bits per heavy atom. The molecule has 0 aromatic carbocycles. The Kier molecular flexibility index (Phi) is 5.27. The van der Waals surface area contributed by atoms with Crippen molar-refractivity contribution >= 4 is 17.8 Å². The number of aromatic nitrogens is 2. The molecule has 0 radical (unpaired) electrons. The van der Waals surface area contributed by atoms with Gasteiger partial charge in [0, 0.05) is 37.7 Å². The van der Waals surface area contributed by atoms with Crippen molar-refractivity contribution in [1.82, 2.24) is 15.5 Å². The summed E-state index contributed by atoms with van der Waals surface area (Å²) >= 11 is 1.97. The number of methoxy groups -OCH3 is 1. The fourth-order valence-corrected chi connectivity index (χ4v) is 2.83. The number of ether oxygens (including phenoxy) is 1. The molecule has 0 saturated carbocycles. The molecule has 1 unspecified atom stereocenters.